The van der Waals surface area contributed by atoms with Gasteiger partial charge in [-0.15, -0.1) is 0 Å². The van der Waals surface area contributed by atoms with Crippen molar-refractivity contribution in [3.8, 4) is 5.75 Å². The van der Waals surface area contributed by atoms with Gasteiger partial charge in [0.05, 0.1) is 11.1 Å². The van der Waals surface area contributed by atoms with Crippen LogP contribution >= 0.6 is 11.6 Å². The highest BCUT2D eigenvalue weighted by Gasteiger charge is 2.19. The first-order chi connectivity index (χ1) is 10.4. The molecule has 3 N–H and O–H groups in total. The highest BCUT2D eigenvalue weighted by Crippen LogP contribution is 2.26. The molecule has 0 saturated carbocycles. The van der Waals surface area contributed by atoms with E-state index in [4.69, 9.17) is 22.1 Å². The summed E-state index contributed by atoms with van der Waals surface area (Å²) in [5, 5.41) is 10.2. The number of hydrogen-bond donors (Lipinski definition) is 2. The van der Waals surface area contributed by atoms with Gasteiger partial charge in [-0.3, -0.25) is 4.79 Å². The van der Waals surface area contributed by atoms with Crippen LogP contribution in [0.1, 0.15) is 22.0 Å². The number of benzene rings is 2. The molecule has 2 rings (SSSR count). The minimum absolute atomic E-state index is 0.0239. The van der Waals surface area contributed by atoms with E-state index in [9.17, 15) is 18.7 Å². The fraction of sp³-hybridized carbons (Fsp3) is 0.133. The molecule has 0 aliphatic rings. The van der Waals surface area contributed by atoms with Gasteiger partial charge in [0.1, 0.15) is 30.1 Å². The van der Waals surface area contributed by atoms with Gasteiger partial charge in [-0.25, -0.2) is 8.78 Å². The van der Waals surface area contributed by atoms with Crippen LogP contribution in [0.3, 0.4) is 0 Å². The lowest BCUT2D eigenvalue weighted by Crippen LogP contribution is -2.17. The summed E-state index contributed by atoms with van der Waals surface area (Å²) in [5.41, 5.74) is 4.72. The van der Waals surface area contributed by atoms with Crippen molar-refractivity contribution in [1.82, 2.24) is 0 Å². The molecule has 0 fully saturated rings. The van der Waals surface area contributed by atoms with Crippen LogP contribution in [0.25, 0.3) is 0 Å². The summed E-state index contributed by atoms with van der Waals surface area (Å²) in [7, 11) is 0. The number of amides is 1. The lowest BCUT2D eigenvalue weighted by molar-refractivity contribution is 0.0946. The van der Waals surface area contributed by atoms with Crippen molar-refractivity contribution in [2.45, 2.75) is 6.10 Å². The minimum atomic E-state index is -1.55. The van der Waals surface area contributed by atoms with Gasteiger partial charge in [-0.2, -0.15) is 0 Å². The Bertz CT molecular complexity index is 689. The second-order valence-electron chi connectivity index (χ2n) is 4.47. The first-order valence-corrected chi connectivity index (χ1v) is 6.62. The molecule has 0 radical (unpaired) electrons. The van der Waals surface area contributed by atoms with E-state index in [1.807, 2.05) is 0 Å². The van der Waals surface area contributed by atoms with E-state index in [1.54, 1.807) is 0 Å². The third-order valence-corrected chi connectivity index (χ3v) is 3.17. The first-order valence-electron chi connectivity index (χ1n) is 6.24. The second kappa shape index (κ2) is 6.72. The topological polar surface area (TPSA) is 72.6 Å². The monoisotopic (exact) mass is 327 g/mol. The largest absolute Gasteiger partial charge is 0.490 e. The van der Waals surface area contributed by atoms with Gasteiger partial charge >= 0.3 is 0 Å². The third-order valence-electron chi connectivity index (χ3n) is 2.94. The zero-order chi connectivity index (χ0) is 16.3. The van der Waals surface area contributed by atoms with Crippen molar-refractivity contribution in [2.75, 3.05) is 6.61 Å². The van der Waals surface area contributed by atoms with Crippen LogP contribution in [0, 0.1) is 11.6 Å². The maximum atomic E-state index is 13.5. The molecule has 1 unspecified atom stereocenters. The molecule has 22 heavy (non-hydrogen) atoms. The van der Waals surface area contributed by atoms with Gasteiger partial charge in [0.25, 0.3) is 5.91 Å². The molecule has 116 valence electrons. The molecule has 1 amide bonds. The number of rotatable bonds is 5. The van der Waals surface area contributed by atoms with E-state index in [0.717, 1.165) is 12.1 Å². The number of carbonyl (C=O) groups is 1. The number of nitrogens with two attached hydrogens (primary N) is 1. The Hall–Kier alpha value is -2.18. The maximum Gasteiger partial charge on any atom is 0.252 e. The Morgan fingerprint density at radius 1 is 1.27 bits per heavy atom. The Kier molecular flexibility index (Phi) is 4.95. The van der Waals surface area contributed by atoms with Crippen LogP contribution in [0.5, 0.6) is 5.75 Å². The van der Waals surface area contributed by atoms with E-state index in [0.29, 0.717) is 0 Å². The smallest absolute Gasteiger partial charge is 0.252 e. The molecule has 0 heterocycles. The van der Waals surface area contributed by atoms with Crippen molar-refractivity contribution in [3.05, 3.63) is 64.2 Å². The maximum absolute atomic E-state index is 13.5. The highest BCUT2D eigenvalue weighted by atomic mass is 35.5. The molecule has 2 aromatic carbocycles. The summed E-state index contributed by atoms with van der Waals surface area (Å²) in [6.45, 7) is -0.474. The molecule has 1 atom stereocenters. The molecule has 0 aliphatic heterocycles. The molecule has 0 bridgehead atoms. The molecular weight excluding hydrogens is 316 g/mol. The standard InChI is InChI=1S/C15H12ClF2NO3/c16-8-4-5-9(15(19)21)13(6-8)22-7-12(20)14-10(17)2-1-3-11(14)18/h1-6,12,20H,7H2,(H2,19,21). The third kappa shape index (κ3) is 3.52. The second-order valence-corrected chi connectivity index (χ2v) is 4.90. The quantitative estimate of drug-likeness (QED) is 0.887. The zero-order valence-corrected chi connectivity index (χ0v) is 12.0. The number of carbonyl (C=O) groups excluding carboxylic acids is 1. The van der Waals surface area contributed by atoms with Crippen molar-refractivity contribution < 1.29 is 23.4 Å². The number of halogens is 3. The summed E-state index contributed by atoms with van der Waals surface area (Å²) in [6, 6.07) is 7.36. The Balaban J connectivity index is 2.20. The van der Waals surface area contributed by atoms with Crippen molar-refractivity contribution in [3.63, 3.8) is 0 Å². The molecule has 2 aromatic rings. The van der Waals surface area contributed by atoms with Crippen LogP contribution in [0.15, 0.2) is 36.4 Å². The highest BCUT2D eigenvalue weighted by molar-refractivity contribution is 6.30. The molecule has 0 aliphatic carbocycles. The Labute approximate surface area is 130 Å². The molecule has 0 aromatic heterocycles. The number of hydrogen-bond acceptors (Lipinski definition) is 3. The Morgan fingerprint density at radius 3 is 2.50 bits per heavy atom. The van der Waals surface area contributed by atoms with Gasteiger partial charge < -0.3 is 15.6 Å². The lowest BCUT2D eigenvalue weighted by Gasteiger charge is -2.15. The van der Waals surface area contributed by atoms with Gasteiger partial charge in [0.15, 0.2) is 0 Å². The average molecular weight is 328 g/mol. The van der Waals surface area contributed by atoms with Crippen molar-refractivity contribution in [1.29, 1.82) is 0 Å². The fourth-order valence-electron chi connectivity index (χ4n) is 1.90. The SMILES string of the molecule is NC(=O)c1ccc(Cl)cc1OCC(O)c1c(F)cccc1F. The molecule has 4 nitrogen and oxygen atoms in total. The summed E-state index contributed by atoms with van der Waals surface area (Å²) >= 11 is 5.79. The summed E-state index contributed by atoms with van der Waals surface area (Å²) in [4.78, 5) is 11.3. The van der Waals surface area contributed by atoms with E-state index in [-0.39, 0.29) is 16.3 Å². The lowest BCUT2D eigenvalue weighted by atomic mass is 10.1. The van der Waals surface area contributed by atoms with E-state index >= 15 is 0 Å². The first kappa shape index (κ1) is 16.2. The van der Waals surface area contributed by atoms with E-state index in [1.165, 1.54) is 24.3 Å². The summed E-state index contributed by atoms with van der Waals surface area (Å²) < 4.78 is 32.3. The van der Waals surface area contributed by atoms with Crippen LogP contribution < -0.4 is 10.5 Å². The zero-order valence-electron chi connectivity index (χ0n) is 11.2. The van der Waals surface area contributed by atoms with Crippen LogP contribution in [-0.4, -0.2) is 17.6 Å². The van der Waals surface area contributed by atoms with Crippen LogP contribution in [-0.2, 0) is 0 Å². The van der Waals surface area contributed by atoms with Crippen LogP contribution in [0.4, 0.5) is 8.78 Å². The summed E-state index contributed by atoms with van der Waals surface area (Å²) in [6.07, 6.45) is -1.55. The fourth-order valence-corrected chi connectivity index (χ4v) is 2.06. The molecule has 0 spiro atoms. The number of primary amides is 1. The van der Waals surface area contributed by atoms with Gasteiger partial charge in [-0.1, -0.05) is 17.7 Å². The molecule has 0 saturated heterocycles. The average Bonchev–Trinajstić information content (AvgIpc) is 2.44. The van der Waals surface area contributed by atoms with Crippen molar-refractivity contribution >= 4 is 17.5 Å². The van der Waals surface area contributed by atoms with Crippen molar-refractivity contribution in [2.24, 2.45) is 5.73 Å². The molecule has 7 heteroatoms. The van der Waals surface area contributed by atoms with Gasteiger partial charge in [0, 0.05) is 5.02 Å². The minimum Gasteiger partial charge on any atom is -0.490 e. The predicted molar refractivity (Wildman–Crippen MR) is 76.8 cm³/mol. The Morgan fingerprint density at radius 2 is 1.91 bits per heavy atom. The molecular formula is C15H12ClF2NO3. The van der Waals surface area contributed by atoms with Crippen LogP contribution in [0.2, 0.25) is 5.02 Å². The normalized spacial score (nSPS) is 12.0. The van der Waals surface area contributed by atoms with Gasteiger partial charge in [0.2, 0.25) is 0 Å². The predicted octanol–water partition coefficient (Wildman–Crippen LogP) is 2.83. The number of aliphatic hydroxyl groups is 1. The number of ether oxygens (including phenoxy) is 1. The number of aliphatic hydroxyl groups excluding tert-OH is 1. The van der Waals surface area contributed by atoms with Gasteiger partial charge in [-0.05, 0) is 30.3 Å². The van der Waals surface area contributed by atoms with E-state index in [2.05, 4.69) is 0 Å². The summed E-state index contributed by atoms with van der Waals surface area (Å²) in [5.74, 6) is -2.51. The van der Waals surface area contributed by atoms with E-state index < -0.39 is 35.8 Å².